The van der Waals surface area contributed by atoms with Crippen LogP contribution in [0.25, 0.3) is 0 Å². The van der Waals surface area contributed by atoms with E-state index in [1.807, 2.05) is 0 Å². The first-order valence-electron chi connectivity index (χ1n) is 9.04. The number of halogens is 1. The van der Waals surface area contributed by atoms with Crippen LogP contribution in [0.4, 0.5) is 4.39 Å². The van der Waals surface area contributed by atoms with E-state index in [-0.39, 0.29) is 17.8 Å². The number of hydrogen-bond acceptors (Lipinski definition) is 3. The second-order valence-electron chi connectivity index (χ2n) is 6.85. The molecular weight excluding hydrogens is 347 g/mol. The molecule has 3 rings (SSSR count). The van der Waals surface area contributed by atoms with Gasteiger partial charge in [0.05, 0.1) is 5.75 Å². The summed E-state index contributed by atoms with van der Waals surface area (Å²) in [6.45, 7) is 5.10. The van der Waals surface area contributed by atoms with Crippen LogP contribution in [-0.2, 0) is 11.3 Å². The highest BCUT2D eigenvalue weighted by atomic mass is 32.2. The Balaban J connectivity index is 1.38. The number of amides is 1. The smallest absolute Gasteiger partial charge is 0.230 e. The van der Waals surface area contributed by atoms with Gasteiger partial charge in [0.15, 0.2) is 0 Å². The summed E-state index contributed by atoms with van der Waals surface area (Å²) in [6.07, 6.45) is 1.97. The van der Waals surface area contributed by atoms with Crippen molar-refractivity contribution >= 4 is 17.7 Å². The fourth-order valence-electron chi connectivity index (χ4n) is 3.25. The summed E-state index contributed by atoms with van der Waals surface area (Å²) in [5.74, 6) is 0.169. The number of thioether (sulfide) groups is 1. The van der Waals surface area contributed by atoms with Gasteiger partial charge in [-0.15, -0.1) is 11.8 Å². The first-order valence-corrected chi connectivity index (χ1v) is 10.0. The molecule has 2 aromatic carbocycles. The van der Waals surface area contributed by atoms with Gasteiger partial charge in [0.25, 0.3) is 0 Å². The molecule has 0 spiro atoms. The molecule has 0 aliphatic carbocycles. The number of likely N-dealkylation sites (tertiary alicyclic amines) is 1. The first-order chi connectivity index (χ1) is 12.6. The van der Waals surface area contributed by atoms with Crippen molar-refractivity contribution < 1.29 is 9.18 Å². The zero-order chi connectivity index (χ0) is 18.4. The molecule has 138 valence electrons. The molecular formula is C21H25FN2OS. The number of benzene rings is 2. The highest BCUT2D eigenvalue weighted by Gasteiger charge is 2.20. The van der Waals surface area contributed by atoms with Crippen LogP contribution in [0.5, 0.6) is 0 Å². The minimum absolute atomic E-state index is 0.0523. The van der Waals surface area contributed by atoms with Crippen molar-refractivity contribution in [3.63, 3.8) is 0 Å². The predicted octanol–water partition coefficient (Wildman–Crippen LogP) is 4.01. The summed E-state index contributed by atoms with van der Waals surface area (Å²) in [5, 5.41) is 3.13. The van der Waals surface area contributed by atoms with E-state index in [9.17, 15) is 9.18 Å². The number of rotatable bonds is 6. The second-order valence-corrected chi connectivity index (χ2v) is 7.90. The summed E-state index contributed by atoms with van der Waals surface area (Å²) in [4.78, 5) is 15.5. The van der Waals surface area contributed by atoms with Gasteiger partial charge in [-0.25, -0.2) is 4.39 Å². The van der Waals surface area contributed by atoms with Gasteiger partial charge in [-0.3, -0.25) is 9.69 Å². The molecule has 1 heterocycles. The van der Waals surface area contributed by atoms with E-state index in [4.69, 9.17) is 0 Å². The quantitative estimate of drug-likeness (QED) is 0.778. The molecule has 0 bridgehead atoms. The fourth-order valence-corrected chi connectivity index (χ4v) is 3.96. The lowest BCUT2D eigenvalue weighted by molar-refractivity contribution is -0.119. The maximum atomic E-state index is 12.9. The average molecular weight is 373 g/mol. The molecule has 1 saturated heterocycles. The molecule has 3 nitrogen and oxygen atoms in total. The van der Waals surface area contributed by atoms with Crippen molar-refractivity contribution in [2.45, 2.75) is 37.2 Å². The Bertz CT molecular complexity index is 727. The Kier molecular flexibility index (Phi) is 6.69. The Morgan fingerprint density at radius 3 is 2.62 bits per heavy atom. The van der Waals surface area contributed by atoms with Gasteiger partial charge < -0.3 is 5.32 Å². The third-order valence-corrected chi connectivity index (χ3v) is 5.64. The SMILES string of the molecule is Cc1cccc(CN2CCC(NC(=O)CSc3ccc(F)cc3)CC2)c1. The summed E-state index contributed by atoms with van der Waals surface area (Å²) in [7, 11) is 0. The Morgan fingerprint density at radius 2 is 1.92 bits per heavy atom. The molecule has 1 N–H and O–H groups in total. The molecule has 2 aromatic rings. The van der Waals surface area contributed by atoms with Gasteiger partial charge in [0.1, 0.15) is 5.82 Å². The third-order valence-electron chi connectivity index (χ3n) is 4.62. The lowest BCUT2D eigenvalue weighted by Crippen LogP contribution is -2.44. The van der Waals surface area contributed by atoms with Crippen molar-refractivity contribution in [2.75, 3.05) is 18.8 Å². The molecule has 1 fully saturated rings. The fraction of sp³-hybridized carbons (Fsp3) is 0.381. The van der Waals surface area contributed by atoms with Gasteiger partial charge in [0, 0.05) is 30.6 Å². The van der Waals surface area contributed by atoms with Crippen molar-refractivity contribution in [1.29, 1.82) is 0 Å². The van der Waals surface area contributed by atoms with E-state index in [1.54, 1.807) is 12.1 Å². The zero-order valence-electron chi connectivity index (χ0n) is 15.1. The van der Waals surface area contributed by atoms with Gasteiger partial charge in [-0.1, -0.05) is 29.8 Å². The zero-order valence-corrected chi connectivity index (χ0v) is 15.9. The minimum atomic E-state index is -0.253. The van der Waals surface area contributed by atoms with Gasteiger partial charge in [-0.2, -0.15) is 0 Å². The Hall–Kier alpha value is -1.85. The van der Waals surface area contributed by atoms with Crippen LogP contribution in [0.1, 0.15) is 24.0 Å². The van der Waals surface area contributed by atoms with E-state index in [2.05, 4.69) is 41.4 Å². The van der Waals surface area contributed by atoms with E-state index in [1.165, 1.54) is 35.0 Å². The van der Waals surface area contributed by atoms with Gasteiger partial charge in [0.2, 0.25) is 5.91 Å². The van der Waals surface area contributed by atoms with Crippen LogP contribution in [0, 0.1) is 12.7 Å². The summed E-state index contributed by atoms with van der Waals surface area (Å²) in [5.41, 5.74) is 2.64. The summed E-state index contributed by atoms with van der Waals surface area (Å²) < 4.78 is 12.9. The Morgan fingerprint density at radius 1 is 1.19 bits per heavy atom. The van der Waals surface area contributed by atoms with Crippen LogP contribution in [0.3, 0.4) is 0 Å². The minimum Gasteiger partial charge on any atom is -0.353 e. The maximum Gasteiger partial charge on any atom is 0.230 e. The lowest BCUT2D eigenvalue weighted by Gasteiger charge is -2.32. The standard InChI is InChI=1S/C21H25FN2OS/c1-16-3-2-4-17(13-16)14-24-11-9-19(10-12-24)23-21(25)15-26-20-7-5-18(22)6-8-20/h2-8,13,19H,9-12,14-15H2,1H3,(H,23,25). The largest absolute Gasteiger partial charge is 0.353 e. The Labute approximate surface area is 159 Å². The molecule has 26 heavy (non-hydrogen) atoms. The monoisotopic (exact) mass is 372 g/mol. The number of hydrogen-bond donors (Lipinski definition) is 1. The number of nitrogens with one attached hydrogen (secondary N) is 1. The van der Waals surface area contributed by atoms with E-state index >= 15 is 0 Å². The molecule has 0 aromatic heterocycles. The number of carbonyl (C=O) groups is 1. The van der Waals surface area contributed by atoms with E-state index in [0.717, 1.165) is 37.4 Å². The van der Waals surface area contributed by atoms with Crippen LogP contribution < -0.4 is 5.32 Å². The van der Waals surface area contributed by atoms with Gasteiger partial charge >= 0.3 is 0 Å². The molecule has 0 unspecified atom stereocenters. The topological polar surface area (TPSA) is 32.3 Å². The van der Waals surface area contributed by atoms with Gasteiger partial charge in [-0.05, 0) is 49.6 Å². The maximum absolute atomic E-state index is 12.9. The number of carbonyl (C=O) groups excluding carboxylic acids is 1. The normalized spacial score (nSPS) is 15.8. The van der Waals surface area contributed by atoms with Crippen LogP contribution >= 0.6 is 11.8 Å². The molecule has 0 saturated carbocycles. The van der Waals surface area contributed by atoms with Crippen molar-refractivity contribution in [3.05, 3.63) is 65.5 Å². The van der Waals surface area contributed by atoms with E-state index < -0.39 is 0 Å². The number of nitrogens with zero attached hydrogens (tertiary/aromatic N) is 1. The summed E-state index contributed by atoms with van der Waals surface area (Å²) >= 11 is 1.44. The molecule has 1 aliphatic rings. The molecule has 1 amide bonds. The molecule has 1 aliphatic heterocycles. The van der Waals surface area contributed by atoms with Crippen LogP contribution in [0.2, 0.25) is 0 Å². The molecule has 0 radical (unpaired) electrons. The first kappa shape index (κ1) is 18.9. The van der Waals surface area contributed by atoms with Crippen LogP contribution in [0.15, 0.2) is 53.4 Å². The number of piperidine rings is 1. The van der Waals surface area contributed by atoms with Crippen molar-refractivity contribution in [2.24, 2.45) is 0 Å². The van der Waals surface area contributed by atoms with Crippen LogP contribution in [-0.4, -0.2) is 35.7 Å². The van der Waals surface area contributed by atoms with E-state index in [0.29, 0.717) is 5.75 Å². The molecule has 0 atom stereocenters. The second kappa shape index (κ2) is 9.19. The molecule has 5 heteroatoms. The van der Waals surface area contributed by atoms with Crippen molar-refractivity contribution in [1.82, 2.24) is 10.2 Å². The number of aryl methyl sites for hydroxylation is 1. The van der Waals surface area contributed by atoms with Crippen molar-refractivity contribution in [3.8, 4) is 0 Å². The highest BCUT2D eigenvalue weighted by molar-refractivity contribution is 8.00. The highest BCUT2D eigenvalue weighted by Crippen LogP contribution is 2.19. The summed E-state index contributed by atoms with van der Waals surface area (Å²) in [6, 6.07) is 15.1. The lowest BCUT2D eigenvalue weighted by atomic mass is 10.0. The third kappa shape index (κ3) is 5.85. The average Bonchev–Trinajstić information content (AvgIpc) is 2.63. The predicted molar refractivity (Wildman–Crippen MR) is 105 cm³/mol.